The molecule has 2 heterocycles. The van der Waals surface area contributed by atoms with Crippen molar-refractivity contribution >= 4 is 21.4 Å². The van der Waals surface area contributed by atoms with Crippen LogP contribution in [0.25, 0.3) is 0 Å². The second kappa shape index (κ2) is 5.76. The van der Waals surface area contributed by atoms with E-state index in [0.717, 1.165) is 22.6 Å². The molecule has 21 heavy (non-hydrogen) atoms. The maximum absolute atomic E-state index is 12.2. The van der Waals surface area contributed by atoms with Crippen LogP contribution in [0.1, 0.15) is 10.4 Å². The topological polar surface area (TPSA) is 81.4 Å². The number of hydrogen-bond donors (Lipinski definition) is 2. The molecule has 0 saturated carbocycles. The molecule has 0 radical (unpaired) electrons. The highest BCUT2D eigenvalue weighted by Gasteiger charge is 2.25. The number of hydrogen-bond acceptors (Lipinski definition) is 5. The molecule has 1 unspecified atom stereocenters. The van der Waals surface area contributed by atoms with Gasteiger partial charge in [0.15, 0.2) is 0 Å². The first-order valence-electron chi connectivity index (χ1n) is 6.61. The average molecular weight is 324 g/mol. The molecule has 0 spiro atoms. The summed E-state index contributed by atoms with van der Waals surface area (Å²) in [6.45, 7) is 0.605. The average Bonchev–Trinajstić information content (AvgIpc) is 3.11. The van der Waals surface area contributed by atoms with Crippen molar-refractivity contribution in [3.05, 3.63) is 46.8 Å². The van der Waals surface area contributed by atoms with Crippen LogP contribution in [-0.4, -0.2) is 21.1 Å². The molecule has 1 aromatic carbocycles. The van der Waals surface area contributed by atoms with Crippen LogP contribution < -0.4 is 15.2 Å². The molecule has 1 aliphatic rings. The van der Waals surface area contributed by atoms with Gasteiger partial charge in [-0.05, 0) is 23.8 Å². The van der Waals surface area contributed by atoms with Crippen LogP contribution in [0, 0.1) is 0 Å². The smallest absolute Gasteiger partial charge is 0.250 e. The van der Waals surface area contributed by atoms with Crippen molar-refractivity contribution < 1.29 is 13.2 Å². The maximum Gasteiger partial charge on any atom is 0.250 e. The Bertz CT molecular complexity index is 715. The summed E-state index contributed by atoms with van der Waals surface area (Å²) in [7, 11) is -3.49. The number of benzene rings is 1. The van der Waals surface area contributed by atoms with Gasteiger partial charge >= 0.3 is 0 Å². The van der Waals surface area contributed by atoms with Crippen LogP contribution in [0.15, 0.2) is 40.6 Å². The molecular formula is C14H16N2O3S2. The van der Waals surface area contributed by atoms with Gasteiger partial charge in [0, 0.05) is 24.4 Å². The molecule has 0 fully saturated rings. The molecule has 1 aromatic heterocycles. The molecule has 0 aliphatic carbocycles. The van der Waals surface area contributed by atoms with Gasteiger partial charge in [0.2, 0.25) is 10.0 Å². The van der Waals surface area contributed by atoms with E-state index in [1.807, 2.05) is 24.3 Å². The number of nitrogens with one attached hydrogen (secondary N) is 1. The fourth-order valence-electron chi connectivity index (χ4n) is 2.25. The minimum absolute atomic E-state index is 0.161. The highest BCUT2D eigenvalue weighted by atomic mass is 32.2. The summed E-state index contributed by atoms with van der Waals surface area (Å²) in [4.78, 5) is 0.847. The quantitative estimate of drug-likeness (QED) is 0.873. The Labute approximate surface area is 127 Å². The fourth-order valence-corrected chi connectivity index (χ4v) is 4.60. The van der Waals surface area contributed by atoms with Crippen LogP contribution in [0.2, 0.25) is 0 Å². The third-order valence-electron chi connectivity index (χ3n) is 3.32. The lowest BCUT2D eigenvalue weighted by Crippen LogP contribution is -2.34. The number of fused-ring (bicyclic) bond motifs is 1. The summed E-state index contributed by atoms with van der Waals surface area (Å²) >= 11 is 1.19. The summed E-state index contributed by atoms with van der Waals surface area (Å²) in [5.74, 6) is 0.836. The van der Waals surface area contributed by atoms with E-state index in [1.165, 1.54) is 11.3 Å². The van der Waals surface area contributed by atoms with Gasteiger partial charge in [-0.2, -0.15) is 0 Å². The summed E-state index contributed by atoms with van der Waals surface area (Å²) < 4.78 is 33.0. The van der Waals surface area contributed by atoms with Crippen LogP contribution >= 0.6 is 11.3 Å². The van der Waals surface area contributed by atoms with E-state index in [2.05, 4.69) is 4.72 Å². The first-order valence-corrected chi connectivity index (χ1v) is 8.91. The highest BCUT2D eigenvalue weighted by Crippen LogP contribution is 2.28. The zero-order valence-corrected chi connectivity index (χ0v) is 12.9. The number of sulfonamides is 1. The van der Waals surface area contributed by atoms with Crippen LogP contribution in [-0.2, 0) is 23.0 Å². The van der Waals surface area contributed by atoms with Crippen molar-refractivity contribution in [2.45, 2.75) is 23.3 Å². The highest BCUT2D eigenvalue weighted by molar-refractivity contribution is 7.91. The molecule has 7 heteroatoms. The lowest BCUT2D eigenvalue weighted by molar-refractivity contribution is 0.236. The summed E-state index contributed by atoms with van der Waals surface area (Å²) in [6, 6.07) is 11.1. The molecule has 2 aromatic rings. The van der Waals surface area contributed by atoms with E-state index in [4.69, 9.17) is 10.5 Å². The van der Waals surface area contributed by atoms with E-state index in [1.54, 1.807) is 12.1 Å². The third kappa shape index (κ3) is 3.11. The van der Waals surface area contributed by atoms with Gasteiger partial charge in [-0.3, -0.25) is 0 Å². The molecule has 3 N–H and O–H groups in total. The van der Waals surface area contributed by atoms with Gasteiger partial charge in [0.25, 0.3) is 0 Å². The van der Waals surface area contributed by atoms with Gasteiger partial charge in [0.1, 0.15) is 16.1 Å². The predicted molar refractivity (Wildman–Crippen MR) is 82.0 cm³/mol. The Morgan fingerprint density at radius 1 is 1.29 bits per heavy atom. The van der Waals surface area contributed by atoms with Gasteiger partial charge in [-0.25, -0.2) is 13.1 Å². The van der Waals surface area contributed by atoms with Crippen LogP contribution in [0.3, 0.4) is 0 Å². The van der Waals surface area contributed by atoms with E-state index < -0.39 is 10.0 Å². The van der Waals surface area contributed by atoms with E-state index >= 15 is 0 Å². The Morgan fingerprint density at radius 2 is 2.10 bits per heavy atom. The van der Waals surface area contributed by atoms with Crippen LogP contribution in [0.5, 0.6) is 5.75 Å². The van der Waals surface area contributed by atoms with Crippen molar-refractivity contribution in [2.75, 3.05) is 6.54 Å². The third-order valence-corrected chi connectivity index (χ3v) is 6.34. The SMILES string of the molecule is NCc1ccc(S(=O)(=O)NCC2Cc3ccccc3O2)s1. The molecule has 0 amide bonds. The van der Waals surface area contributed by atoms with Gasteiger partial charge in [0.05, 0.1) is 0 Å². The van der Waals surface area contributed by atoms with Crippen molar-refractivity contribution in [2.24, 2.45) is 5.73 Å². The van der Waals surface area contributed by atoms with Crippen molar-refractivity contribution in [1.82, 2.24) is 4.72 Å². The van der Waals surface area contributed by atoms with E-state index in [0.29, 0.717) is 10.8 Å². The Balaban J connectivity index is 1.63. The molecule has 1 atom stereocenters. The normalized spacial score (nSPS) is 17.5. The van der Waals surface area contributed by atoms with E-state index in [-0.39, 0.29) is 12.6 Å². The fraction of sp³-hybridized carbons (Fsp3) is 0.286. The Hall–Kier alpha value is -1.41. The second-order valence-corrected chi connectivity index (χ2v) is 7.99. The summed E-state index contributed by atoms with van der Waals surface area (Å²) in [6.07, 6.45) is 0.558. The van der Waals surface area contributed by atoms with E-state index in [9.17, 15) is 8.42 Å². The zero-order chi connectivity index (χ0) is 14.9. The van der Waals surface area contributed by atoms with Gasteiger partial charge in [-0.15, -0.1) is 11.3 Å². The second-order valence-electron chi connectivity index (χ2n) is 4.83. The number of ether oxygens (including phenoxy) is 1. The molecule has 3 rings (SSSR count). The minimum Gasteiger partial charge on any atom is -0.488 e. The number of thiophene rings is 1. The minimum atomic E-state index is -3.49. The number of rotatable bonds is 5. The lowest BCUT2D eigenvalue weighted by Gasteiger charge is -2.11. The number of para-hydroxylation sites is 1. The first-order chi connectivity index (χ1) is 10.1. The summed E-state index contributed by atoms with van der Waals surface area (Å²) in [5.41, 5.74) is 6.62. The van der Waals surface area contributed by atoms with Crippen molar-refractivity contribution in [1.29, 1.82) is 0 Å². The largest absolute Gasteiger partial charge is 0.488 e. The maximum atomic E-state index is 12.2. The molecule has 0 bridgehead atoms. The number of nitrogens with two attached hydrogens (primary N) is 1. The Kier molecular flexibility index (Phi) is 3.99. The molecule has 0 saturated heterocycles. The summed E-state index contributed by atoms with van der Waals surface area (Å²) in [5, 5.41) is 0. The first kappa shape index (κ1) is 14.5. The predicted octanol–water partition coefficient (Wildman–Crippen LogP) is 1.49. The van der Waals surface area contributed by atoms with Gasteiger partial charge < -0.3 is 10.5 Å². The standard InChI is InChI=1S/C14H16N2O3S2/c15-8-12-5-6-14(20-12)21(17,18)16-9-11-7-10-3-1-2-4-13(10)19-11/h1-6,11,16H,7-9,15H2. The van der Waals surface area contributed by atoms with Gasteiger partial charge in [-0.1, -0.05) is 18.2 Å². The molecular weight excluding hydrogens is 308 g/mol. The Morgan fingerprint density at radius 3 is 2.81 bits per heavy atom. The van der Waals surface area contributed by atoms with Crippen LogP contribution in [0.4, 0.5) is 0 Å². The molecule has 5 nitrogen and oxygen atoms in total. The molecule has 112 valence electrons. The molecule has 1 aliphatic heterocycles. The lowest BCUT2D eigenvalue weighted by atomic mass is 10.1. The zero-order valence-electron chi connectivity index (χ0n) is 11.3. The van der Waals surface area contributed by atoms with Crippen molar-refractivity contribution in [3.63, 3.8) is 0 Å². The monoisotopic (exact) mass is 324 g/mol. The van der Waals surface area contributed by atoms with Crippen molar-refractivity contribution in [3.8, 4) is 5.75 Å².